The predicted octanol–water partition coefficient (Wildman–Crippen LogP) is 3.32. The van der Waals surface area contributed by atoms with Crippen LogP contribution in [0.1, 0.15) is 28.8 Å². The van der Waals surface area contributed by atoms with Crippen LogP contribution in [0.2, 0.25) is 0 Å². The summed E-state index contributed by atoms with van der Waals surface area (Å²) in [7, 11) is 1.64. The van der Waals surface area contributed by atoms with Crippen LogP contribution in [-0.2, 0) is 0 Å². The molecule has 4 heterocycles. The van der Waals surface area contributed by atoms with Crippen LogP contribution >= 0.6 is 0 Å². The first kappa shape index (κ1) is 16.8. The summed E-state index contributed by atoms with van der Waals surface area (Å²) in [5.74, 6) is 1.71. The zero-order valence-electron chi connectivity index (χ0n) is 15.8. The number of rotatable bonds is 3. The van der Waals surface area contributed by atoms with Crippen LogP contribution in [0.25, 0.3) is 22.1 Å². The van der Waals surface area contributed by atoms with Crippen LogP contribution < -0.4 is 4.74 Å². The number of benzene rings is 1. The van der Waals surface area contributed by atoms with E-state index in [0.29, 0.717) is 18.8 Å². The number of likely N-dealkylation sites (tertiary alicyclic amines) is 1. The fourth-order valence-corrected chi connectivity index (χ4v) is 4.21. The average molecular weight is 375 g/mol. The quantitative estimate of drug-likeness (QED) is 0.596. The number of amides is 1. The van der Waals surface area contributed by atoms with Crippen LogP contribution in [0.5, 0.6) is 5.75 Å². The maximum Gasteiger partial charge on any atom is 0.270 e. The third kappa shape index (κ3) is 2.54. The molecule has 0 radical (unpaired) electrons. The molecule has 0 spiro atoms. The molecule has 1 N–H and O–H groups in total. The lowest BCUT2D eigenvalue weighted by atomic mass is 10.2. The van der Waals surface area contributed by atoms with Gasteiger partial charge in [0.05, 0.1) is 13.2 Å². The summed E-state index contributed by atoms with van der Waals surface area (Å²) in [5.41, 5.74) is 3.27. The Bertz CT molecular complexity index is 1190. The number of pyridine rings is 1. The van der Waals surface area contributed by atoms with Crippen molar-refractivity contribution in [3.63, 3.8) is 0 Å². The second-order valence-electron chi connectivity index (χ2n) is 7.17. The van der Waals surface area contributed by atoms with Crippen molar-refractivity contribution in [2.24, 2.45) is 0 Å². The van der Waals surface area contributed by atoms with E-state index < -0.39 is 0 Å². The summed E-state index contributed by atoms with van der Waals surface area (Å²) in [5, 5.41) is 0.921. The SMILES string of the molecule is COc1cccc2[nH]c(C(=O)N3CC[C@H](n4c(C)nc5cccnc54)C3)cc12. The Hall–Kier alpha value is -3.35. The highest BCUT2D eigenvalue weighted by atomic mass is 16.5. The van der Waals surface area contributed by atoms with Gasteiger partial charge in [0.1, 0.15) is 22.8 Å². The van der Waals surface area contributed by atoms with Crippen molar-refractivity contribution in [2.45, 2.75) is 19.4 Å². The van der Waals surface area contributed by atoms with Crippen molar-refractivity contribution in [3.05, 3.63) is 54.1 Å². The third-order valence-electron chi connectivity index (χ3n) is 5.52. The minimum Gasteiger partial charge on any atom is -0.496 e. The maximum atomic E-state index is 13.1. The highest BCUT2D eigenvalue weighted by Gasteiger charge is 2.31. The summed E-state index contributed by atoms with van der Waals surface area (Å²) >= 11 is 0. The largest absolute Gasteiger partial charge is 0.496 e. The Labute approximate surface area is 162 Å². The van der Waals surface area contributed by atoms with Crippen LogP contribution in [0.4, 0.5) is 0 Å². The molecule has 4 aromatic rings. The Morgan fingerprint density at radius 2 is 2.18 bits per heavy atom. The van der Waals surface area contributed by atoms with Crippen molar-refractivity contribution in [1.29, 1.82) is 0 Å². The molecule has 7 nitrogen and oxygen atoms in total. The maximum absolute atomic E-state index is 13.1. The van der Waals surface area contributed by atoms with Gasteiger partial charge in [0.15, 0.2) is 5.65 Å². The molecular formula is C21H21N5O2. The molecular weight excluding hydrogens is 354 g/mol. The van der Waals surface area contributed by atoms with E-state index in [4.69, 9.17) is 4.74 Å². The van der Waals surface area contributed by atoms with E-state index in [1.807, 2.05) is 48.2 Å². The number of hydrogen-bond acceptors (Lipinski definition) is 4. The first-order valence-corrected chi connectivity index (χ1v) is 9.40. The Morgan fingerprint density at radius 3 is 3.04 bits per heavy atom. The topological polar surface area (TPSA) is 76.0 Å². The van der Waals surface area contributed by atoms with Gasteiger partial charge >= 0.3 is 0 Å². The van der Waals surface area contributed by atoms with Gasteiger partial charge in [0.25, 0.3) is 5.91 Å². The number of carbonyl (C=O) groups excluding carboxylic acids is 1. The standard InChI is InChI=1S/C21H21N5O2/c1-13-23-17-6-4-9-22-20(17)26(13)14-8-10-25(12-14)21(27)18-11-15-16(24-18)5-3-7-19(15)28-2/h3-7,9,11,14,24H,8,10,12H2,1-2H3/t14-/m0/s1. The lowest BCUT2D eigenvalue weighted by Gasteiger charge is -2.17. The molecule has 28 heavy (non-hydrogen) atoms. The van der Waals surface area contributed by atoms with Gasteiger partial charge in [-0.25, -0.2) is 9.97 Å². The number of fused-ring (bicyclic) bond motifs is 2. The molecule has 0 unspecified atom stereocenters. The van der Waals surface area contributed by atoms with Crippen molar-refractivity contribution >= 4 is 28.0 Å². The minimum atomic E-state index is 0.00999. The highest BCUT2D eigenvalue weighted by Crippen LogP contribution is 2.30. The Morgan fingerprint density at radius 1 is 1.29 bits per heavy atom. The number of nitrogens with one attached hydrogen (secondary N) is 1. The zero-order chi connectivity index (χ0) is 19.3. The van der Waals surface area contributed by atoms with Crippen LogP contribution in [-0.4, -0.2) is 50.5 Å². The van der Waals surface area contributed by atoms with Gasteiger partial charge in [-0.15, -0.1) is 0 Å². The van der Waals surface area contributed by atoms with E-state index in [1.54, 1.807) is 13.3 Å². The lowest BCUT2D eigenvalue weighted by molar-refractivity contribution is 0.0783. The number of ether oxygens (including phenoxy) is 1. The Kier molecular flexibility index (Phi) is 3.82. The minimum absolute atomic E-state index is 0.00999. The summed E-state index contributed by atoms with van der Waals surface area (Å²) in [6.07, 6.45) is 2.67. The molecule has 1 aliphatic rings. The van der Waals surface area contributed by atoms with Crippen LogP contribution in [0.3, 0.4) is 0 Å². The molecule has 142 valence electrons. The van der Waals surface area contributed by atoms with E-state index >= 15 is 0 Å². The highest BCUT2D eigenvalue weighted by molar-refractivity contribution is 5.99. The molecule has 1 aliphatic heterocycles. The molecule has 1 amide bonds. The van der Waals surface area contributed by atoms with Crippen molar-refractivity contribution in [3.8, 4) is 5.75 Å². The summed E-state index contributed by atoms with van der Waals surface area (Å²) in [6, 6.07) is 11.7. The number of nitrogens with zero attached hydrogens (tertiary/aromatic N) is 4. The van der Waals surface area contributed by atoms with Gasteiger partial charge in [-0.3, -0.25) is 4.79 Å². The van der Waals surface area contributed by atoms with Crippen LogP contribution in [0.15, 0.2) is 42.6 Å². The van der Waals surface area contributed by atoms with Gasteiger partial charge in [-0.2, -0.15) is 0 Å². The number of aromatic amines is 1. The van der Waals surface area contributed by atoms with E-state index in [-0.39, 0.29) is 11.9 Å². The molecule has 0 aliphatic carbocycles. The monoisotopic (exact) mass is 375 g/mol. The second-order valence-corrected chi connectivity index (χ2v) is 7.17. The average Bonchev–Trinajstić information content (AvgIpc) is 3.42. The molecule has 5 rings (SSSR count). The molecule has 0 bridgehead atoms. The van der Waals surface area contributed by atoms with E-state index in [1.165, 1.54) is 0 Å². The molecule has 0 saturated carbocycles. The van der Waals surface area contributed by atoms with Gasteiger partial charge < -0.3 is 19.2 Å². The normalized spacial score (nSPS) is 16.9. The number of methoxy groups -OCH3 is 1. The number of aryl methyl sites for hydroxylation is 1. The molecule has 7 heteroatoms. The molecule has 1 aromatic carbocycles. The lowest BCUT2D eigenvalue weighted by Crippen LogP contribution is -2.29. The van der Waals surface area contributed by atoms with E-state index in [0.717, 1.165) is 40.1 Å². The van der Waals surface area contributed by atoms with Crippen LogP contribution in [0, 0.1) is 6.92 Å². The number of imidazole rings is 1. The summed E-state index contributed by atoms with van der Waals surface area (Å²) in [6.45, 7) is 3.35. The Balaban J connectivity index is 1.43. The van der Waals surface area contributed by atoms with Gasteiger partial charge in [0.2, 0.25) is 0 Å². The summed E-state index contributed by atoms with van der Waals surface area (Å²) < 4.78 is 7.57. The van der Waals surface area contributed by atoms with Gasteiger partial charge in [-0.05, 0) is 43.7 Å². The van der Waals surface area contributed by atoms with Crippen molar-refractivity contribution in [2.75, 3.05) is 20.2 Å². The number of carbonyl (C=O) groups is 1. The second kappa shape index (κ2) is 6.37. The van der Waals surface area contributed by atoms with E-state index in [9.17, 15) is 4.79 Å². The zero-order valence-corrected chi connectivity index (χ0v) is 15.8. The van der Waals surface area contributed by atoms with Gasteiger partial charge in [-0.1, -0.05) is 6.07 Å². The number of H-pyrrole nitrogens is 1. The molecule has 1 atom stereocenters. The van der Waals surface area contributed by atoms with Gasteiger partial charge in [0, 0.05) is 30.2 Å². The third-order valence-corrected chi connectivity index (χ3v) is 5.52. The van der Waals surface area contributed by atoms with Crippen molar-refractivity contribution < 1.29 is 9.53 Å². The first-order valence-electron chi connectivity index (χ1n) is 9.40. The first-order chi connectivity index (χ1) is 13.7. The summed E-state index contributed by atoms with van der Waals surface area (Å²) in [4.78, 5) is 27.3. The fraction of sp³-hybridized carbons (Fsp3) is 0.286. The predicted molar refractivity (Wildman–Crippen MR) is 107 cm³/mol. The molecule has 1 saturated heterocycles. The van der Waals surface area contributed by atoms with Crippen molar-refractivity contribution in [1.82, 2.24) is 24.4 Å². The fourth-order valence-electron chi connectivity index (χ4n) is 4.21. The smallest absolute Gasteiger partial charge is 0.270 e. The van der Waals surface area contributed by atoms with E-state index in [2.05, 4.69) is 19.5 Å². The molecule has 1 fully saturated rings. The number of aromatic nitrogens is 4. The molecule has 3 aromatic heterocycles. The number of hydrogen-bond donors (Lipinski definition) is 1.